The summed E-state index contributed by atoms with van der Waals surface area (Å²) in [5, 5.41) is 13.4. The van der Waals surface area contributed by atoms with E-state index in [1.54, 1.807) is 0 Å². The first-order chi connectivity index (χ1) is 12.5. The van der Waals surface area contributed by atoms with Crippen molar-refractivity contribution in [2.75, 3.05) is 19.6 Å². The van der Waals surface area contributed by atoms with E-state index >= 15 is 0 Å². The molecule has 1 saturated heterocycles. The quantitative estimate of drug-likeness (QED) is 0.732. The minimum absolute atomic E-state index is 0.0939. The number of aromatic nitrogens is 1. The van der Waals surface area contributed by atoms with E-state index in [-0.39, 0.29) is 31.1 Å². The second-order valence-corrected chi connectivity index (χ2v) is 7.65. The molecule has 1 aliphatic heterocycles. The van der Waals surface area contributed by atoms with Gasteiger partial charge in [0.25, 0.3) is 0 Å². The molecular weight excluding hydrogens is 366 g/mol. The molecule has 9 heteroatoms. The summed E-state index contributed by atoms with van der Waals surface area (Å²) in [7, 11) is 0. The van der Waals surface area contributed by atoms with Gasteiger partial charge in [0.2, 0.25) is 0 Å². The van der Waals surface area contributed by atoms with Crippen LogP contribution in [0.4, 0.5) is 17.6 Å². The maximum absolute atomic E-state index is 13.2. The molecule has 5 nitrogen and oxygen atoms in total. The second-order valence-electron chi connectivity index (χ2n) is 7.65. The molecule has 0 saturated carbocycles. The molecule has 1 fully saturated rings. The Morgan fingerprint density at radius 2 is 1.96 bits per heavy atom. The van der Waals surface area contributed by atoms with Crippen LogP contribution in [-0.2, 0) is 4.79 Å². The molecule has 27 heavy (non-hydrogen) atoms. The maximum atomic E-state index is 13.2. The Labute approximate surface area is 155 Å². The molecule has 1 aromatic heterocycles. The molecule has 0 aliphatic carbocycles. The van der Waals surface area contributed by atoms with Crippen molar-refractivity contribution < 1.29 is 27.5 Å². The van der Waals surface area contributed by atoms with Gasteiger partial charge in [-0.15, -0.1) is 0 Å². The van der Waals surface area contributed by atoms with Crippen LogP contribution in [0.15, 0.2) is 18.5 Å². The van der Waals surface area contributed by atoms with Crippen LogP contribution >= 0.6 is 0 Å². The SMILES string of the molecule is CC(C)(CC1CCN(C(=O)C(F)(F)F)CC1)NC[C@H](O)c1cncc(F)c1. The fraction of sp³-hybridized carbons (Fsp3) is 0.667. The topological polar surface area (TPSA) is 65.5 Å². The summed E-state index contributed by atoms with van der Waals surface area (Å²) in [6, 6.07) is 1.22. The van der Waals surface area contributed by atoms with Crippen molar-refractivity contribution in [3.8, 4) is 0 Å². The molecule has 0 spiro atoms. The van der Waals surface area contributed by atoms with E-state index < -0.39 is 24.0 Å². The van der Waals surface area contributed by atoms with E-state index in [4.69, 9.17) is 0 Å². The number of hydrogen-bond donors (Lipinski definition) is 2. The lowest BCUT2D eigenvalue weighted by Crippen LogP contribution is -2.48. The van der Waals surface area contributed by atoms with Gasteiger partial charge in [0.15, 0.2) is 0 Å². The standard InChI is InChI=1S/C18H25F4N3O2/c1-17(2,24-11-15(26)13-7-14(19)10-23-9-13)8-12-3-5-25(6-4-12)16(27)18(20,21)22/h7,9-10,12,15,24,26H,3-6,8,11H2,1-2H3/t15-/m0/s1. The first-order valence-electron chi connectivity index (χ1n) is 8.87. The summed E-state index contributed by atoms with van der Waals surface area (Å²) in [6.07, 6.45) is -1.59. The lowest BCUT2D eigenvalue weighted by molar-refractivity contribution is -0.186. The zero-order chi connectivity index (χ0) is 20.2. The Hall–Kier alpha value is -1.74. The molecule has 152 valence electrons. The average Bonchev–Trinajstić information content (AvgIpc) is 2.58. The summed E-state index contributed by atoms with van der Waals surface area (Å²) in [5.41, 5.74) is 0.0000590. The number of hydrogen-bond acceptors (Lipinski definition) is 4. The first kappa shape index (κ1) is 21.6. The smallest absolute Gasteiger partial charge is 0.387 e. The van der Waals surface area contributed by atoms with Gasteiger partial charge in [-0.05, 0) is 45.1 Å². The Balaban J connectivity index is 1.80. The summed E-state index contributed by atoms with van der Waals surface area (Å²) in [5.74, 6) is -2.12. The number of piperidine rings is 1. The summed E-state index contributed by atoms with van der Waals surface area (Å²) < 4.78 is 50.7. The number of carbonyl (C=O) groups is 1. The van der Waals surface area contributed by atoms with E-state index in [2.05, 4.69) is 10.3 Å². The van der Waals surface area contributed by atoms with E-state index in [0.717, 1.165) is 11.1 Å². The summed E-state index contributed by atoms with van der Waals surface area (Å²) >= 11 is 0. The highest BCUT2D eigenvalue weighted by molar-refractivity contribution is 5.81. The zero-order valence-electron chi connectivity index (χ0n) is 15.4. The number of alkyl halides is 3. The van der Waals surface area contributed by atoms with Gasteiger partial charge in [-0.25, -0.2) is 4.39 Å². The number of pyridine rings is 1. The van der Waals surface area contributed by atoms with E-state index in [1.807, 2.05) is 13.8 Å². The lowest BCUT2D eigenvalue weighted by Gasteiger charge is -2.37. The number of carbonyl (C=O) groups excluding carboxylic acids is 1. The fourth-order valence-electron chi connectivity index (χ4n) is 3.41. The van der Waals surface area contributed by atoms with Crippen molar-refractivity contribution in [2.24, 2.45) is 5.92 Å². The molecule has 0 bridgehead atoms. The number of amides is 1. The van der Waals surface area contributed by atoms with Gasteiger partial charge in [0.1, 0.15) is 5.82 Å². The van der Waals surface area contributed by atoms with Crippen molar-refractivity contribution in [1.82, 2.24) is 15.2 Å². The largest absolute Gasteiger partial charge is 0.471 e. The highest BCUT2D eigenvalue weighted by Gasteiger charge is 2.43. The number of aliphatic hydroxyl groups is 1. The summed E-state index contributed by atoms with van der Waals surface area (Å²) in [6.45, 7) is 4.27. The average molecular weight is 391 g/mol. The van der Waals surface area contributed by atoms with Crippen LogP contribution in [0.5, 0.6) is 0 Å². The van der Waals surface area contributed by atoms with Crippen LogP contribution < -0.4 is 5.32 Å². The third-order valence-corrected chi connectivity index (χ3v) is 4.83. The van der Waals surface area contributed by atoms with Crippen molar-refractivity contribution >= 4 is 5.91 Å². The van der Waals surface area contributed by atoms with Crippen LogP contribution in [0, 0.1) is 11.7 Å². The molecule has 2 N–H and O–H groups in total. The van der Waals surface area contributed by atoms with Crippen molar-refractivity contribution in [1.29, 1.82) is 0 Å². The number of nitrogens with one attached hydrogen (secondary N) is 1. The zero-order valence-corrected chi connectivity index (χ0v) is 15.4. The summed E-state index contributed by atoms with van der Waals surface area (Å²) in [4.78, 5) is 15.8. The van der Waals surface area contributed by atoms with Crippen LogP contribution in [0.2, 0.25) is 0 Å². The number of aliphatic hydroxyl groups excluding tert-OH is 1. The highest BCUT2D eigenvalue weighted by atomic mass is 19.4. The molecule has 2 rings (SSSR count). The van der Waals surface area contributed by atoms with Gasteiger partial charge in [0.05, 0.1) is 12.3 Å². The Bertz CT molecular complexity index is 644. The Morgan fingerprint density at radius 3 is 2.52 bits per heavy atom. The molecule has 1 aliphatic rings. The van der Waals surface area contributed by atoms with Gasteiger partial charge in [0, 0.05) is 36.9 Å². The van der Waals surface area contributed by atoms with E-state index in [0.29, 0.717) is 24.8 Å². The molecule has 0 radical (unpaired) electrons. The monoisotopic (exact) mass is 391 g/mol. The van der Waals surface area contributed by atoms with Gasteiger partial charge < -0.3 is 15.3 Å². The lowest BCUT2D eigenvalue weighted by atomic mass is 9.84. The van der Waals surface area contributed by atoms with Crippen molar-refractivity contribution in [3.63, 3.8) is 0 Å². The Kier molecular flexibility index (Phi) is 6.80. The number of rotatable bonds is 6. The molecule has 2 heterocycles. The maximum Gasteiger partial charge on any atom is 0.471 e. The molecule has 1 amide bonds. The molecule has 0 unspecified atom stereocenters. The van der Waals surface area contributed by atoms with Crippen molar-refractivity contribution in [2.45, 2.75) is 50.9 Å². The third-order valence-electron chi connectivity index (χ3n) is 4.83. The van der Waals surface area contributed by atoms with Crippen LogP contribution in [-0.4, -0.2) is 52.2 Å². The van der Waals surface area contributed by atoms with Gasteiger partial charge in [-0.1, -0.05) is 0 Å². The number of likely N-dealkylation sites (tertiary alicyclic amines) is 1. The molecule has 0 aromatic carbocycles. The third kappa shape index (κ3) is 6.42. The normalized spacial score (nSPS) is 17.8. The minimum Gasteiger partial charge on any atom is -0.387 e. The van der Waals surface area contributed by atoms with Crippen LogP contribution in [0.1, 0.15) is 44.8 Å². The number of nitrogens with zero attached hydrogens (tertiary/aromatic N) is 2. The first-order valence-corrected chi connectivity index (χ1v) is 8.87. The predicted molar refractivity (Wildman–Crippen MR) is 91.2 cm³/mol. The molecule has 1 atom stereocenters. The highest BCUT2D eigenvalue weighted by Crippen LogP contribution is 2.29. The molecular formula is C18H25F4N3O2. The second kappa shape index (κ2) is 8.52. The van der Waals surface area contributed by atoms with Crippen LogP contribution in [0.3, 0.4) is 0 Å². The van der Waals surface area contributed by atoms with Gasteiger partial charge >= 0.3 is 12.1 Å². The molecule has 1 aromatic rings. The minimum atomic E-state index is -4.82. The van der Waals surface area contributed by atoms with E-state index in [1.165, 1.54) is 12.3 Å². The fourth-order valence-corrected chi connectivity index (χ4v) is 3.41. The number of halogens is 4. The predicted octanol–water partition coefficient (Wildman–Crippen LogP) is 2.81. The van der Waals surface area contributed by atoms with Gasteiger partial charge in [-0.3, -0.25) is 9.78 Å². The number of β-amino-alcohol motifs (C(OH)–C–C–N with tert-alkyl or cyclic N) is 1. The van der Waals surface area contributed by atoms with Gasteiger partial charge in [-0.2, -0.15) is 13.2 Å². The van der Waals surface area contributed by atoms with Crippen LogP contribution in [0.25, 0.3) is 0 Å². The Morgan fingerprint density at radius 1 is 1.33 bits per heavy atom. The van der Waals surface area contributed by atoms with E-state index in [9.17, 15) is 27.5 Å². The van der Waals surface area contributed by atoms with Crippen molar-refractivity contribution in [3.05, 3.63) is 29.8 Å².